The lowest BCUT2D eigenvalue weighted by atomic mass is 10.2. The topological polar surface area (TPSA) is 62.2 Å². The molecule has 0 fully saturated rings. The molecule has 0 spiro atoms. The van der Waals surface area contributed by atoms with Gasteiger partial charge in [0.05, 0.1) is 12.2 Å². The van der Waals surface area contributed by atoms with Crippen LogP contribution in [0.2, 0.25) is 0 Å². The molecule has 0 aliphatic rings. The van der Waals surface area contributed by atoms with Crippen molar-refractivity contribution in [1.29, 1.82) is 0 Å². The zero-order valence-electron chi connectivity index (χ0n) is 9.38. The molecule has 0 aromatic carbocycles. The van der Waals surface area contributed by atoms with Gasteiger partial charge in [-0.1, -0.05) is 0 Å². The van der Waals surface area contributed by atoms with Gasteiger partial charge in [-0.15, -0.1) is 0 Å². The van der Waals surface area contributed by atoms with E-state index in [9.17, 15) is 4.79 Å². The molecule has 0 aliphatic carbocycles. The molecule has 5 heteroatoms. The van der Waals surface area contributed by atoms with Crippen LogP contribution in [0.5, 0.6) is 0 Å². The number of nitrogens with zero attached hydrogens (tertiary/aromatic N) is 1. The average molecular weight is 240 g/mol. The molecule has 1 aromatic heterocycles. The number of aliphatic hydroxyl groups is 1. The second kappa shape index (κ2) is 6.50. The summed E-state index contributed by atoms with van der Waals surface area (Å²) in [5.74, 6) is -0.159. The van der Waals surface area contributed by atoms with E-state index in [2.05, 4.69) is 10.3 Å². The summed E-state index contributed by atoms with van der Waals surface area (Å²) in [6, 6.07) is 3.35. The second-order valence-corrected chi connectivity index (χ2v) is 4.54. The predicted molar refractivity (Wildman–Crippen MR) is 65.6 cm³/mol. The highest BCUT2D eigenvalue weighted by molar-refractivity contribution is 7.99. The molecule has 1 rings (SSSR count). The predicted octanol–water partition coefficient (Wildman–Crippen LogP) is 0.924. The second-order valence-electron chi connectivity index (χ2n) is 3.46. The molecule has 0 saturated carbocycles. The fourth-order valence-corrected chi connectivity index (χ4v) is 1.94. The van der Waals surface area contributed by atoms with Crippen LogP contribution < -0.4 is 5.32 Å². The first-order chi connectivity index (χ1) is 7.69. The Morgan fingerprint density at radius 2 is 2.44 bits per heavy atom. The first kappa shape index (κ1) is 13.0. The third kappa shape index (κ3) is 3.50. The van der Waals surface area contributed by atoms with Gasteiger partial charge in [0.1, 0.15) is 0 Å². The average Bonchev–Trinajstić information content (AvgIpc) is 2.31. The Bertz CT molecular complexity index is 328. The lowest BCUT2D eigenvalue weighted by molar-refractivity contribution is 0.0935. The number of thioether (sulfide) groups is 1. The van der Waals surface area contributed by atoms with Crippen LogP contribution in [-0.4, -0.2) is 40.2 Å². The Balaban J connectivity index is 2.58. The molecule has 1 aromatic rings. The number of hydrogen-bond acceptors (Lipinski definition) is 4. The molecule has 0 aliphatic heterocycles. The van der Waals surface area contributed by atoms with Crippen LogP contribution in [0.1, 0.15) is 17.3 Å². The van der Waals surface area contributed by atoms with Crippen molar-refractivity contribution in [2.75, 3.05) is 12.9 Å². The summed E-state index contributed by atoms with van der Waals surface area (Å²) in [6.07, 6.45) is 5.06. The maximum Gasteiger partial charge on any atom is 0.253 e. The first-order valence-corrected chi connectivity index (χ1v) is 6.32. The maximum absolute atomic E-state index is 11.7. The maximum atomic E-state index is 11.7. The number of aromatic nitrogens is 1. The normalized spacial score (nSPS) is 14.2. The molecule has 88 valence electrons. The molecular formula is C11H16N2O2S. The quantitative estimate of drug-likeness (QED) is 0.803. The monoisotopic (exact) mass is 240 g/mol. The van der Waals surface area contributed by atoms with Gasteiger partial charge in [-0.2, -0.15) is 11.8 Å². The van der Waals surface area contributed by atoms with Gasteiger partial charge in [-0.05, 0) is 25.3 Å². The van der Waals surface area contributed by atoms with E-state index in [1.54, 1.807) is 18.3 Å². The Kier molecular flexibility index (Phi) is 5.28. The van der Waals surface area contributed by atoms with Gasteiger partial charge in [0.2, 0.25) is 0 Å². The number of aliphatic hydroxyl groups excluding tert-OH is 1. The lowest BCUT2D eigenvalue weighted by Gasteiger charge is -2.21. The number of carbonyl (C=O) groups is 1. The van der Waals surface area contributed by atoms with E-state index >= 15 is 0 Å². The van der Waals surface area contributed by atoms with Crippen molar-refractivity contribution in [3.8, 4) is 0 Å². The van der Waals surface area contributed by atoms with Crippen LogP contribution in [-0.2, 0) is 0 Å². The van der Waals surface area contributed by atoms with E-state index in [0.717, 1.165) is 0 Å². The molecule has 1 amide bonds. The third-order valence-corrected chi connectivity index (χ3v) is 3.49. The fourth-order valence-electron chi connectivity index (χ4n) is 1.32. The van der Waals surface area contributed by atoms with E-state index < -0.39 is 0 Å². The van der Waals surface area contributed by atoms with E-state index in [1.807, 2.05) is 13.2 Å². The fraction of sp³-hybridized carbons (Fsp3) is 0.455. The van der Waals surface area contributed by atoms with Gasteiger partial charge in [0.15, 0.2) is 0 Å². The molecule has 4 nitrogen and oxygen atoms in total. The highest BCUT2D eigenvalue weighted by Crippen LogP contribution is 2.10. The minimum atomic E-state index is -0.159. The van der Waals surface area contributed by atoms with E-state index in [0.29, 0.717) is 5.56 Å². The minimum absolute atomic E-state index is 0.0145. The molecule has 2 N–H and O–H groups in total. The molecule has 0 bridgehead atoms. The number of carbonyl (C=O) groups excluding carboxylic acids is 1. The van der Waals surface area contributed by atoms with Gasteiger partial charge in [-0.3, -0.25) is 9.78 Å². The van der Waals surface area contributed by atoms with Gasteiger partial charge < -0.3 is 10.4 Å². The Hall–Kier alpha value is -1.07. The molecule has 1 heterocycles. The van der Waals surface area contributed by atoms with Crippen molar-refractivity contribution >= 4 is 17.7 Å². The highest BCUT2D eigenvalue weighted by Gasteiger charge is 2.17. The van der Waals surface area contributed by atoms with Crippen LogP contribution in [0.15, 0.2) is 24.5 Å². The first-order valence-electron chi connectivity index (χ1n) is 5.03. The summed E-state index contributed by atoms with van der Waals surface area (Å²) in [5, 5.41) is 11.9. The molecule has 0 radical (unpaired) electrons. The van der Waals surface area contributed by atoms with Crippen molar-refractivity contribution in [3.05, 3.63) is 30.1 Å². The summed E-state index contributed by atoms with van der Waals surface area (Å²) in [5.41, 5.74) is 0.534. The van der Waals surface area contributed by atoms with E-state index in [1.165, 1.54) is 18.0 Å². The largest absolute Gasteiger partial charge is 0.395 e. The minimum Gasteiger partial charge on any atom is -0.395 e. The molecule has 2 atom stereocenters. The van der Waals surface area contributed by atoms with Crippen LogP contribution in [0.3, 0.4) is 0 Å². The van der Waals surface area contributed by atoms with Crippen molar-refractivity contribution in [1.82, 2.24) is 10.3 Å². The molecule has 2 unspecified atom stereocenters. The smallest absolute Gasteiger partial charge is 0.253 e. The van der Waals surface area contributed by atoms with Crippen molar-refractivity contribution < 1.29 is 9.90 Å². The summed E-state index contributed by atoms with van der Waals surface area (Å²) >= 11 is 1.53. The highest BCUT2D eigenvalue weighted by atomic mass is 32.2. The summed E-state index contributed by atoms with van der Waals surface area (Å²) in [7, 11) is 0. The molecular weight excluding hydrogens is 224 g/mol. The summed E-state index contributed by atoms with van der Waals surface area (Å²) in [6.45, 7) is 1.93. The van der Waals surface area contributed by atoms with E-state index in [4.69, 9.17) is 5.11 Å². The van der Waals surface area contributed by atoms with Gasteiger partial charge in [0, 0.05) is 23.7 Å². The van der Waals surface area contributed by atoms with Crippen molar-refractivity contribution in [2.45, 2.75) is 18.2 Å². The van der Waals surface area contributed by atoms with Gasteiger partial charge in [-0.25, -0.2) is 0 Å². The number of pyridine rings is 1. The third-order valence-electron chi connectivity index (χ3n) is 2.32. The Labute approximate surface area is 99.5 Å². The SMILES string of the molecule is CSC(CO)C(C)NC(=O)c1cccnc1. The summed E-state index contributed by atoms with van der Waals surface area (Å²) < 4.78 is 0. The number of rotatable bonds is 5. The number of hydrogen-bond donors (Lipinski definition) is 2. The zero-order chi connectivity index (χ0) is 12.0. The van der Waals surface area contributed by atoms with Crippen LogP contribution in [0, 0.1) is 0 Å². The standard InChI is InChI=1S/C11H16N2O2S/c1-8(10(7-14)16-2)13-11(15)9-4-3-5-12-6-9/h3-6,8,10,14H,7H2,1-2H3,(H,13,15). The van der Waals surface area contributed by atoms with Crippen LogP contribution in [0.4, 0.5) is 0 Å². The van der Waals surface area contributed by atoms with Crippen LogP contribution >= 0.6 is 11.8 Å². The van der Waals surface area contributed by atoms with Gasteiger partial charge >= 0.3 is 0 Å². The number of amides is 1. The Morgan fingerprint density at radius 3 is 2.94 bits per heavy atom. The van der Waals surface area contributed by atoms with Crippen LogP contribution in [0.25, 0.3) is 0 Å². The van der Waals surface area contributed by atoms with Crippen molar-refractivity contribution in [2.24, 2.45) is 0 Å². The summed E-state index contributed by atoms with van der Waals surface area (Å²) in [4.78, 5) is 15.6. The van der Waals surface area contributed by atoms with Gasteiger partial charge in [0.25, 0.3) is 5.91 Å². The number of nitrogens with one attached hydrogen (secondary N) is 1. The van der Waals surface area contributed by atoms with E-state index in [-0.39, 0.29) is 23.8 Å². The Morgan fingerprint density at radius 1 is 1.69 bits per heavy atom. The lowest BCUT2D eigenvalue weighted by Crippen LogP contribution is -2.41. The molecule has 16 heavy (non-hydrogen) atoms. The van der Waals surface area contributed by atoms with Crippen molar-refractivity contribution in [3.63, 3.8) is 0 Å². The zero-order valence-corrected chi connectivity index (χ0v) is 10.2. The molecule has 0 saturated heterocycles.